The van der Waals surface area contributed by atoms with E-state index < -0.39 is 0 Å². The van der Waals surface area contributed by atoms with Crippen LogP contribution in [0.2, 0.25) is 0 Å². The maximum Gasteiger partial charge on any atom is 0.0949 e. The number of nitrogens with zero attached hydrogens (tertiary/aromatic N) is 2. The summed E-state index contributed by atoms with van der Waals surface area (Å²) < 4.78 is 3.73. The summed E-state index contributed by atoms with van der Waals surface area (Å²) in [5, 5.41) is 10.1. The molecule has 0 atom stereocenters. The largest absolute Gasteiger partial charge is 0.306 e. The van der Waals surface area contributed by atoms with Gasteiger partial charge in [0.1, 0.15) is 0 Å². The molecule has 0 unspecified atom stereocenters. The number of para-hydroxylation sites is 1. The van der Waals surface area contributed by atoms with Crippen molar-refractivity contribution in [3.8, 4) is 0 Å². The van der Waals surface area contributed by atoms with Crippen LogP contribution in [0.25, 0.3) is 59.1 Å². The standard InChI is InChI=1S/C23H12N2S/c1-2-5-18-13(4-1)16-8-7-15-14-9-11-26-20(14)12-17-21(15)23(16)25(18)19-6-3-10-24-22(17)19/h1-12H. The Morgan fingerprint density at radius 3 is 2.62 bits per heavy atom. The first-order chi connectivity index (χ1) is 12.9. The number of rotatable bonds is 0. The second-order valence-electron chi connectivity index (χ2n) is 6.86. The summed E-state index contributed by atoms with van der Waals surface area (Å²) in [4.78, 5) is 4.79. The lowest BCUT2D eigenvalue weighted by molar-refractivity contribution is 1.31. The molecule has 0 spiro atoms. The summed E-state index contributed by atoms with van der Waals surface area (Å²) in [7, 11) is 0. The number of benzene rings is 3. The third-order valence-corrected chi connectivity index (χ3v) is 6.51. The molecule has 0 radical (unpaired) electrons. The molecule has 3 aromatic carbocycles. The molecule has 4 heterocycles. The van der Waals surface area contributed by atoms with Gasteiger partial charge in [0, 0.05) is 37.8 Å². The van der Waals surface area contributed by atoms with E-state index in [4.69, 9.17) is 4.98 Å². The van der Waals surface area contributed by atoms with Crippen LogP contribution in [0.4, 0.5) is 0 Å². The number of pyridine rings is 2. The minimum atomic E-state index is 1.08. The van der Waals surface area contributed by atoms with Gasteiger partial charge >= 0.3 is 0 Å². The topological polar surface area (TPSA) is 17.3 Å². The highest BCUT2D eigenvalue weighted by molar-refractivity contribution is 7.17. The van der Waals surface area contributed by atoms with E-state index in [9.17, 15) is 0 Å². The van der Waals surface area contributed by atoms with Gasteiger partial charge in [0.2, 0.25) is 0 Å². The number of hydrogen-bond acceptors (Lipinski definition) is 2. The van der Waals surface area contributed by atoms with E-state index in [1.165, 1.54) is 53.6 Å². The molecule has 4 aromatic heterocycles. The smallest absolute Gasteiger partial charge is 0.0949 e. The summed E-state index contributed by atoms with van der Waals surface area (Å²) in [6, 6.07) is 22.1. The normalized spacial score (nSPS) is 12.6. The number of hydrogen-bond donors (Lipinski definition) is 0. The summed E-state index contributed by atoms with van der Waals surface area (Å²) in [5.41, 5.74) is 4.82. The molecule has 2 nitrogen and oxygen atoms in total. The highest BCUT2D eigenvalue weighted by Crippen LogP contribution is 2.43. The Labute approximate surface area is 152 Å². The van der Waals surface area contributed by atoms with Crippen molar-refractivity contribution in [2.24, 2.45) is 0 Å². The molecule has 7 rings (SSSR count). The molecule has 0 aliphatic rings. The van der Waals surface area contributed by atoms with E-state index in [0.29, 0.717) is 0 Å². The second kappa shape index (κ2) is 4.32. The summed E-state index contributed by atoms with van der Waals surface area (Å²) in [5.74, 6) is 0. The molecular formula is C23H12N2S. The Balaban J connectivity index is 2.01. The van der Waals surface area contributed by atoms with Crippen LogP contribution in [0.1, 0.15) is 0 Å². The molecule has 0 saturated heterocycles. The Hall–Kier alpha value is -3.17. The lowest BCUT2D eigenvalue weighted by atomic mass is 9.98. The van der Waals surface area contributed by atoms with E-state index >= 15 is 0 Å². The van der Waals surface area contributed by atoms with Gasteiger partial charge in [0.25, 0.3) is 0 Å². The van der Waals surface area contributed by atoms with Crippen molar-refractivity contribution < 1.29 is 0 Å². The summed E-state index contributed by atoms with van der Waals surface area (Å²) in [6.45, 7) is 0. The van der Waals surface area contributed by atoms with Crippen LogP contribution < -0.4 is 0 Å². The minimum Gasteiger partial charge on any atom is -0.306 e. The van der Waals surface area contributed by atoms with Gasteiger partial charge in [0.15, 0.2) is 0 Å². The van der Waals surface area contributed by atoms with Crippen molar-refractivity contribution in [2.45, 2.75) is 0 Å². The first-order valence-electron chi connectivity index (χ1n) is 8.74. The molecule has 7 aromatic rings. The maximum absolute atomic E-state index is 4.79. The van der Waals surface area contributed by atoms with Gasteiger partial charge in [-0.05, 0) is 41.1 Å². The van der Waals surface area contributed by atoms with Crippen LogP contribution in [0, 0.1) is 0 Å². The van der Waals surface area contributed by atoms with E-state index in [1.54, 1.807) is 11.3 Å². The monoisotopic (exact) mass is 348 g/mol. The quantitative estimate of drug-likeness (QED) is 0.223. The maximum atomic E-state index is 4.79. The molecule has 0 N–H and O–H groups in total. The fraction of sp³-hybridized carbons (Fsp3) is 0. The van der Waals surface area contributed by atoms with Crippen molar-refractivity contribution in [3.05, 3.63) is 72.2 Å². The van der Waals surface area contributed by atoms with E-state index in [-0.39, 0.29) is 0 Å². The molecule has 0 bridgehead atoms. The second-order valence-corrected chi connectivity index (χ2v) is 7.81. The van der Waals surface area contributed by atoms with Crippen molar-refractivity contribution in [2.75, 3.05) is 0 Å². The first kappa shape index (κ1) is 13.1. The Bertz CT molecular complexity index is 1630. The highest BCUT2D eigenvalue weighted by Gasteiger charge is 2.19. The number of fused-ring (bicyclic) bond motifs is 8. The molecule has 0 aliphatic carbocycles. The highest BCUT2D eigenvalue weighted by atomic mass is 32.1. The van der Waals surface area contributed by atoms with Gasteiger partial charge in [-0.25, -0.2) is 0 Å². The molecule has 120 valence electrons. The van der Waals surface area contributed by atoms with Crippen LogP contribution in [-0.2, 0) is 0 Å². The van der Waals surface area contributed by atoms with Gasteiger partial charge in [-0.3, -0.25) is 4.98 Å². The predicted molar refractivity (Wildman–Crippen MR) is 112 cm³/mol. The van der Waals surface area contributed by atoms with Crippen molar-refractivity contribution >= 4 is 70.4 Å². The molecule has 26 heavy (non-hydrogen) atoms. The molecule has 0 aliphatic heterocycles. The van der Waals surface area contributed by atoms with Crippen molar-refractivity contribution in [3.63, 3.8) is 0 Å². The molecular weight excluding hydrogens is 336 g/mol. The Morgan fingerprint density at radius 1 is 0.731 bits per heavy atom. The molecule has 0 saturated carbocycles. The Morgan fingerprint density at radius 2 is 1.62 bits per heavy atom. The van der Waals surface area contributed by atoms with E-state index in [0.717, 1.165) is 5.52 Å². The molecule has 0 fully saturated rings. The van der Waals surface area contributed by atoms with Crippen LogP contribution in [0.15, 0.2) is 72.2 Å². The van der Waals surface area contributed by atoms with Gasteiger partial charge in [-0.2, -0.15) is 0 Å². The van der Waals surface area contributed by atoms with Gasteiger partial charge in [-0.1, -0.05) is 30.3 Å². The zero-order valence-electron chi connectivity index (χ0n) is 13.7. The van der Waals surface area contributed by atoms with Crippen LogP contribution in [-0.4, -0.2) is 9.38 Å². The van der Waals surface area contributed by atoms with E-state index in [1.807, 2.05) is 12.3 Å². The SMILES string of the molecule is c1ccc2c(c1)c1ccc3c4ccsc4cc4c5ncccc5n2c1c34. The zero-order chi connectivity index (χ0) is 16.8. The first-order valence-corrected chi connectivity index (χ1v) is 9.61. The molecule has 0 amide bonds. The third kappa shape index (κ3) is 1.35. The average Bonchev–Trinajstić information content (AvgIpc) is 3.30. The van der Waals surface area contributed by atoms with Crippen LogP contribution in [0.5, 0.6) is 0 Å². The summed E-state index contributed by atoms with van der Waals surface area (Å²) in [6.07, 6.45) is 1.90. The van der Waals surface area contributed by atoms with Gasteiger partial charge < -0.3 is 4.40 Å². The van der Waals surface area contributed by atoms with Crippen molar-refractivity contribution in [1.29, 1.82) is 0 Å². The predicted octanol–water partition coefficient (Wildman–Crippen LogP) is 6.60. The molecule has 3 heteroatoms. The lowest BCUT2D eigenvalue weighted by Crippen LogP contribution is -1.93. The fourth-order valence-electron chi connectivity index (χ4n) is 4.63. The summed E-state index contributed by atoms with van der Waals surface area (Å²) >= 11 is 1.80. The number of thiophene rings is 1. The minimum absolute atomic E-state index is 1.08. The lowest BCUT2D eigenvalue weighted by Gasteiger charge is -2.12. The average molecular weight is 348 g/mol. The van der Waals surface area contributed by atoms with Gasteiger partial charge in [-0.15, -0.1) is 11.3 Å². The van der Waals surface area contributed by atoms with Gasteiger partial charge in [0.05, 0.1) is 22.1 Å². The number of aromatic nitrogens is 2. The fourth-order valence-corrected chi connectivity index (χ4v) is 5.48. The van der Waals surface area contributed by atoms with Crippen LogP contribution in [0.3, 0.4) is 0 Å². The van der Waals surface area contributed by atoms with Crippen molar-refractivity contribution in [1.82, 2.24) is 9.38 Å². The zero-order valence-corrected chi connectivity index (χ0v) is 14.5. The van der Waals surface area contributed by atoms with E-state index in [2.05, 4.69) is 64.4 Å². The third-order valence-electron chi connectivity index (χ3n) is 5.65. The Kier molecular flexibility index (Phi) is 2.17. The van der Waals surface area contributed by atoms with Crippen LogP contribution >= 0.6 is 11.3 Å².